The summed E-state index contributed by atoms with van der Waals surface area (Å²) in [4.78, 5) is 10.6. The predicted molar refractivity (Wildman–Crippen MR) is 68.2 cm³/mol. The Balaban J connectivity index is 3.01. The molecule has 112 valence electrons. The number of hydrogen-bond donors (Lipinski definition) is 1. The van der Waals surface area contributed by atoms with Crippen molar-refractivity contribution in [1.82, 2.24) is 5.32 Å². The number of halogens is 3. The Labute approximate surface area is 119 Å². The monoisotopic (exact) mass is 327 g/mol. The molecule has 1 aromatic carbocycles. The third-order valence-corrected chi connectivity index (χ3v) is 3.57. The second kappa shape index (κ2) is 6.96. The van der Waals surface area contributed by atoms with Gasteiger partial charge in [-0.15, -0.1) is 0 Å². The summed E-state index contributed by atoms with van der Waals surface area (Å²) in [5, 5.41) is 2.27. The van der Waals surface area contributed by atoms with Crippen LogP contribution in [0, 0.1) is 11.6 Å². The van der Waals surface area contributed by atoms with Crippen molar-refractivity contribution in [2.24, 2.45) is 0 Å². The topological polar surface area (TPSA) is 72.5 Å². The largest absolute Gasteiger partial charge is 0.380 e. The SMILES string of the molecule is CCOCCNC(=O)c1cc(F)cc(S(=O)(=O)Cl)c1F. The van der Waals surface area contributed by atoms with E-state index in [-0.39, 0.29) is 13.2 Å². The summed E-state index contributed by atoms with van der Waals surface area (Å²) in [6.45, 7) is 2.47. The summed E-state index contributed by atoms with van der Waals surface area (Å²) in [6, 6.07) is 1.01. The molecule has 1 rings (SSSR count). The average molecular weight is 328 g/mol. The molecule has 0 aliphatic heterocycles. The maximum absolute atomic E-state index is 13.9. The fourth-order valence-corrected chi connectivity index (χ4v) is 2.30. The Morgan fingerprint density at radius 1 is 1.40 bits per heavy atom. The molecular weight excluding hydrogens is 316 g/mol. The highest BCUT2D eigenvalue weighted by atomic mass is 35.7. The van der Waals surface area contributed by atoms with Crippen LogP contribution in [0.1, 0.15) is 17.3 Å². The highest BCUT2D eigenvalue weighted by Crippen LogP contribution is 2.23. The van der Waals surface area contributed by atoms with E-state index in [0.29, 0.717) is 18.7 Å². The van der Waals surface area contributed by atoms with E-state index in [2.05, 4.69) is 5.32 Å². The third-order valence-electron chi connectivity index (χ3n) is 2.25. The smallest absolute Gasteiger partial charge is 0.264 e. The van der Waals surface area contributed by atoms with Gasteiger partial charge in [0.15, 0.2) is 5.82 Å². The third kappa shape index (κ3) is 4.39. The molecule has 1 aromatic rings. The molecule has 0 fully saturated rings. The van der Waals surface area contributed by atoms with Gasteiger partial charge in [-0.25, -0.2) is 17.2 Å². The lowest BCUT2D eigenvalue weighted by molar-refractivity contribution is 0.0917. The Kier molecular flexibility index (Phi) is 5.85. The first-order valence-electron chi connectivity index (χ1n) is 5.57. The van der Waals surface area contributed by atoms with Gasteiger partial charge in [-0.2, -0.15) is 0 Å². The molecule has 0 radical (unpaired) electrons. The van der Waals surface area contributed by atoms with Gasteiger partial charge in [0.1, 0.15) is 10.7 Å². The van der Waals surface area contributed by atoms with E-state index in [9.17, 15) is 22.0 Å². The number of rotatable bonds is 6. The zero-order valence-corrected chi connectivity index (χ0v) is 12.0. The zero-order chi connectivity index (χ0) is 15.3. The molecule has 20 heavy (non-hydrogen) atoms. The van der Waals surface area contributed by atoms with Crippen molar-refractivity contribution < 1.29 is 26.7 Å². The van der Waals surface area contributed by atoms with Gasteiger partial charge < -0.3 is 10.1 Å². The normalized spacial score (nSPS) is 11.4. The molecule has 0 saturated carbocycles. The first-order chi connectivity index (χ1) is 9.27. The Morgan fingerprint density at radius 2 is 2.05 bits per heavy atom. The average Bonchev–Trinajstić information content (AvgIpc) is 2.35. The van der Waals surface area contributed by atoms with E-state index < -0.39 is 37.1 Å². The number of ether oxygens (including phenoxy) is 1. The van der Waals surface area contributed by atoms with Crippen molar-refractivity contribution in [2.75, 3.05) is 19.8 Å². The summed E-state index contributed by atoms with van der Waals surface area (Å²) in [5.41, 5.74) is -0.735. The standard InChI is InChI=1S/C11H12ClF2NO4S/c1-2-19-4-3-15-11(16)8-5-7(13)6-9(10(8)14)20(12,17)18/h5-6H,2-4H2,1H3,(H,15,16). The summed E-state index contributed by atoms with van der Waals surface area (Å²) < 4.78 is 54.2. The molecule has 1 amide bonds. The van der Waals surface area contributed by atoms with E-state index in [1.807, 2.05) is 0 Å². The second-order valence-corrected chi connectivity index (χ2v) is 6.19. The lowest BCUT2D eigenvalue weighted by Gasteiger charge is -2.08. The van der Waals surface area contributed by atoms with Gasteiger partial charge in [0.25, 0.3) is 15.0 Å². The van der Waals surface area contributed by atoms with E-state index in [1.54, 1.807) is 6.92 Å². The van der Waals surface area contributed by atoms with Crippen molar-refractivity contribution in [3.63, 3.8) is 0 Å². The van der Waals surface area contributed by atoms with E-state index in [0.717, 1.165) is 0 Å². The van der Waals surface area contributed by atoms with Gasteiger partial charge in [0.2, 0.25) is 0 Å². The van der Waals surface area contributed by atoms with Crippen molar-refractivity contribution in [2.45, 2.75) is 11.8 Å². The van der Waals surface area contributed by atoms with Crippen LogP contribution in [0.5, 0.6) is 0 Å². The van der Waals surface area contributed by atoms with Gasteiger partial charge >= 0.3 is 0 Å². The molecule has 0 saturated heterocycles. The summed E-state index contributed by atoms with van der Waals surface area (Å²) in [6.07, 6.45) is 0. The lowest BCUT2D eigenvalue weighted by atomic mass is 10.2. The summed E-state index contributed by atoms with van der Waals surface area (Å²) in [5.74, 6) is -3.43. The highest BCUT2D eigenvalue weighted by molar-refractivity contribution is 8.13. The fourth-order valence-electron chi connectivity index (χ4n) is 1.38. The number of carbonyl (C=O) groups is 1. The minimum atomic E-state index is -4.49. The Hall–Kier alpha value is -1.25. The van der Waals surface area contributed by atoms with E-state index in [4.69, 9.17) is 15.4 Å². The number of carbonyl (C=O) groups excluding carboxylic acids is 1. The molecule has 0 heterocycles. The molecule has 5 nitrogen and oxygen atoms in total. The number of benzene rings is 1. The van der Waals surface area contributed by atoms with Gasteiger partial charge in [0.05, 0.1) is 12.2 Å². The first-order valence-corrected chi connectivity index (χ1v) is 7.88. The fraction of sp³-hybridized carbons (Fsp3) is 0.364. The van der Waals surface area contributed by atoms with Crippen LogP contribution < -0.4 is 5.32 Å². The van der Waals surface area contributed by atoms with Crippen molar-refractivity contribution >= 4 is 25.6 Å². The van der Waals surface area contributed by atoms with Crippen LogP contribution >= 0.6 is 10.7 Å². The molecule has 0 aliphatic carbocycles. The van der Waals surface area contributed by atoms with Crippen LogP contribution in [-0.4, -0.2) is 34.1 Å². The molecule has 0 unspecified atom stereocenters. The van der Waals surface area contributed by atoms with Gasteiger partial charge in [-0.1, -0.05) is 0 Å². The zero-order valence-electron chi connectivity index (χ0n) is 10.5. The summed E-state index contributed by atoms with van der Waals surface area (Å²) in [7, 11) is 0.483. The lowest BCUT2D eigenvalue weighted by Crippen LogP contribution is -2.28. The molecule has 0 spiro atoms. The summed E-state index contributed by atoms with van der Waals surface area (Å²) >= 11 is 0. The number of hydrogen-bond acceptors (Lipinski definition) is 4. The molecule has 0 atom stereocenters. The molecule has 0 aliphatic rings. The Morgan fingerprint density at radius 3 is 2.60 bits per heavy atom. The van der Waals surface area contributed by atoms with Crippen LogP contribution in [0.15, 0.2) is 17.0 Å². The minimum Gasteiger partial charge on any atom is -0.380 e. The molecule has 9 heteroatoms. The highest BCUT2D eigenvalue weighted by Gasteiger charge is 2.24. The van der Waals surface area contributed by atoms with Crippen molar-refractivity contribution in [3.05, 3.63) is 29.3 Å². The van der Waals surface area contributed by atoms with Crippen LogP contribution in [-0.2, 0) is 13.8 Å². The second-order valence-electron chi connectivity index (χ2n) is 3.66. The van der Waals surface area contributed by atoms with E-state index in [1.165, 1.54) is 0 Å². The van der Waals surface area contributed by atoms with Crippen LogP contribution in [0.4, 0.5) is 8.78 Å². The number of amides is 1. The van der Waals surface area contributed by atoms with Gasteiger partial charge in [-0.05, 0) is 19.1 Å². The molecular formula is C11H12ClF2NO4S. The van der Waals surface area contributed by atoms with Gasteiger partial charge in [-0.3, -0.25) is 4.79 Å². The van der Waals surface area contributed by atoms with Crippen LogP contribution in [0.25, 0.3) is 0 Å². The molecule has 0 aromatic heterocycles. The molecule has 0 bridgehead atoms. The van der Waals surface area contributed by atoms with Crippen molar-refractivity contribution in [3.8, 4) is 0 Å². The van der Waals surface area contributed by atoms with Crippen LogP contribution in [0.3, 0.4) is 0 Å². The van der Waals surface area contributed by atoms with Crippen LogP contribution in [0.2, 0.25) is 0 Å². The Bertz CT molecular complexity index is 607. The predicted octanol–water partition coefficient (Wildman–Crippen LogP) is 1.66. The van der Waals surface area contributed by atoms with E-state index >= 15 is 0 Å². The maximum Gasteiger partial charge on any atom is 0.264 e. The molecule has 1 N–H and O–H groups in total. The quantitative estimate of drug-likeness (QED) is 0.637. The first kappa shape index (κ1) is 16.8. The van der Waals surface area contributed by atoms with Crippen molar-refractivity contribution in [1.29, 1.82) is 0 Å². The maximum atomic E-state index is 13.9. The minimum absolute atomic E-state index is 0.0750. The van der Waals surface area contributed by atoms with Gasteiger partial charge in [0, 0.05) is 23.8 Å². The number of nitrogens with one attached hydrogen (secondary N) is 1.